The molecule has 3 amide bonds. The van der Waals surface area contributed by atoms with Crippen molar-refractivity contribution in [3.05, 3.63) is 53.6 Å². The molecule has 1 aliphatic heterocycles. The van der Waals surface area contributed by atoms with Crippen LogP contribution in [0.3, 0.4) is 0 Å². The summed E-state index contributed by atoms with van der Waals surface area (Å²) in [5.41, 5.74) is 3.67. The third kappa shape index (κ3) is 6.33. The number of rotatable bonds is 7. The monoisotopic (exact) mass is 436 g/mol. The van der Waals surface area contributed by atoms with Crippen molar-refractivity contribution in [2.24, 2.45) is 0 Å². The molecular formula is C25H32N4O3. The van der Waals surface area contributed by atoms with Crippen molar-refractivity contribution in [3.63, 3.8) is 0 Å². The van der Waals surface area contributed by atoms with E-state index in [1.807, 2.05) is 30.0 Å². The van der Waals surface area contributed by atoms with Crippen molar-refractivity contribution in [2.45, 2.75) is 46.0 Å². The Bertz CT molecular complexity index is 948. The number of carbonyl (C=O) groups is 3. The minimum absolute atomic E-state index is 0.0527. The Morgan fingerprint density at radius 3 is 2.16 bits per heavy atom. The van der Waals surface area contributed by atoms with Gasteiger partial charge in [-0.25, -0.2) is 0 Å². The van der Waals surface area contributed by atoms with Gasteiger partial charge in [0.1, 0.15) is 0 Å². The average molecular weight is 437 g/mol. The number of hydrogen-bond acceptors (Lipinski definition) is 4. The van der Waals surface area contributed by atoms with Crippen molar-refractivity contribution < 1.29 is 14.4 Å². The lowest BCUT2D eigenvalue weighted by atomic mass is 10.1. The number of nitrogens with zero attached hydrogens (tertiary/aromatic N) is 1. The van der Waals surface area contributed by atoms with Crippen LogP contribution in [0.4, 0.5) is 17.1 Å². The molecule has 2 aromatic rings. The van der Waals surface area contributed by atoms with Crippen molar-refractivity contribution >= 4 is 34.8 Å². The van der Waals surface area contributed by atoms with Crippen molar-refractivity contribution in [2.75, 3.05) is 35.6 Å². The predicted molar refractivity (Wildman–Crippen MR) is 128 cm³/mol. The Kier molecular flexibility index (Phi) is 8.25. The maximum absolute atomic E-state index is 12.7. The summed E-state index contributed by atoms with van der Waals surface area (Å²) in [5.74, 6) is -0.197. The Hall–Kier alpha value is -3.35. The van der Waals surface area contributed by atoms with Crippen molar-refractivity contribution in [1.29, 1.82) is 0 Å². The highest BCUT2D eigenvalue weighted by atomic mass is 16.2. The van der Waals surface area contributed by atoms with Crippen LogP contribution < -0.4 is 16.0 Å². The van der Waals surface area contributed by atoms with E-state index in [1.54, 1.807) is 31.2 Å². The molecule has 32 heavy (non-hydrogen) atoms. The second-order valence-corrected chi connectivity index (χ2v) is 8.07. The van der Waals surface area contributed by atoms with Crippen LogP contribution in [0.25, 0.3) is 0 Å². The summed E-state index contributed by atoms with van der Waals surface area (Å²) >= 11 is 0. The van der Waals surface area contributed by atoms with E-state index in [0.29, 0.717) is 17.7 Å². The molecule has 0 spiro atoms. The van der Waals surface area contributed by atoms with Crippen LogP contribution in [-0.4, -0.2) is 42.3 Å². The van der Waals surface area contributed by atoms with Gasteiger partial charge >= 0.3 is 0 Å². The molecule has 0 saturated carbocycles. The second kappa shape index (κ2) is 11.3. The second-order valence-electron chi connectivity index (χ2n) is 8.07. The highest BCUT2D eigenvalue weighted by Gasteiger charge is 2.17. The minimum Gasteiger partial charge on any atom is -0.376 e. The molecule has 0 atom stereocenters. The van der Waals surface area contributed by atoms with E-state index in [1.165, 1.54) is 12.8 Å². The van der Waals surface area contributed by atoms with Crippen molar-refractivity contribution in [1.82, 2.24) is 4.90 Å². The third-order valence-electron chi connectivity index (χ3n) is 5.68. The quantitative estimate of drug-likeness (QED) is 0.600. The van der Waals surface area contributed by atoms with Gasteiger partial charge in [0, 0.05) is 42.1 Å². The minimum atomic E-state index is -0.195. The number of benzene rings is 2. The molecule has 7 nitrogen and oxygen atoms in total. The molecular weight excluding hydrogens is 404 g/mol. The fourth-order valence-corrected chi connectivity index (χ4v) is 3.73. The smallest absolute Gasteiger partial charge is 0.253 e. The molecule has 0 aliphatic carbocycles. The molecule has 3 rings (SSSR count). The van der Waals surface area contributed by atoms with Gasteiger partial charge in [-0.15, -0.1) is 0 Å². The van der Waals surface area contributed by atoms with Crippen LogP contribution in [0.1, 0.15) is 54.9 Å². The van der Waals surface area contributed by atoms with Crippen LogP contribution in [0, 0.1) is 6.92 Å². The van der Waals surface area contributed by atoms with Gasteiger partial charge in [-0.1, -0.05) is 25.8 Å². The molecule has 1 fully saturated rings. The number of anilines is 3. The number of nitrogens with one attached hydrogen (secondary N) is 3. The first-order chi connectivity index (χ1) is 15.5. The maximum atomic E-state index is 12.7. The zero-order valence-electron chi connectivity index (χ0n) is 18.9. The van der Waals surface area contributed by atoms with Gasteiger partial charge in [-0.3, -0.25) is 14.4 Å². The van der Waals surface area contributed by atoms with E-state index in [0.717, 1.165) is 42.9 Å². The fraction of sp³-hybridized carbons (Fsp3) is 0.400. The summed E-state index contributed by atoms with van der Waals surface area (Å²) in [7, 11) is 0. The SMILES string of the molecule is CCC(=O)Nc1cccc(NCC(=O)Nc2ccc(C(=O)N3CCCCCC3)cc2)c1C. The molecule has 1 heterocycles. The highest BCUT2D eigenvalue weighted by Crippen LogP contribution is 2.23. The topological polar surface area (TPSA) is 90.5 Å². The standard InChI is InChI=1S/C25H32N4O3/c1-3-23(30)28-22-10-8-9-21(18(22)2)26-17-24(31)27-20-13-11-19(12-14-20)25(32)29-15-6-4-5-7-16-29/h8-14,26H,3-7,15-17H2,1-2H3,(H,27,31)(H,28,30). The first-order valence-electron chi connectivity index (χ1n) is 11.3. The zero-order valence-corrected chi connectivity index (χ0v) is 18.9. The Labute approximate surface area is 189 Å². The summed E-state index contributed by atoms with van der Waals surface area (Å²) in [6.45, 7) is 5.40. The number of likely N-dealkylation sites (tertiary alicyclic amines) is 1. The molecule has 1 aliphatic rings. The van der Waals surface area contributed by atoms with E-state index in [-0.39, 0.29) is 24.3 Å². The van der Waals surface area contributed by atoms with Gasteiger partial charge in [0.05, 0.1) is 6.54 Å². The van der Waals surface area contributed by atoms with Gasteiger partial charge in [0.15, 0.2) is 0 Å². The molecule has 7 heteroatoms. The third-order valence-corrected chi connectivity index (χ3v) is 5.68. The van der Waals surface area contributed by atoms with Crippen LogP contribution in [0.5, 0.6) is 0 Å². The fourth-order valence-electron chi connectivity index (χ4n) is 3.73. The van der Waals surface area contributed by atoms with Gasteiger partial charge in [-0.05, 0) is 61.7 Å². The highest BCUT2D eigenvalue weighted by molar-refractivity contribution is 5.97. The molecule has 170 valence electrons. The van der Waals surface area contributed by atoms with E-state index in [4.69, 9.17) is 0 Å². The predicted octanol–water partition coefficient (Wildman–Crippen LogP) is 4.41. The molecule has 0 aromatic heterocycles. The van der Waals surface area contributed by atoms with E-state index >= 15 is 0 Å². The lowest BCUT2D eigenvalue weighted by molar-refractivity contribution is -0.116. The summed E-state index contributed by atoms with van der Waals surface area (Å²) in [6.07, 6.45) is 4.88. The molecule has 0 unspecified atom stereocenters. The molecule has 2 aromatic carbocycles. The van der Waals surface area contributed by atoms with Crippen LogP contribution in [0.2, 0.25) is 0 Å². The lowest BCUT2D eigenvalue weighted by Crippen LogP contribution is -2.31. The first kappa shape index (κ1) is 23.3. The van der Waals surface area contributed by atoms with Gasteiger partial charge in [0.25, 0.3) is 5.91 Å². The number of hydrogen-bond donors (Lipinski definition) is 3. The maximum Gasteiger partial charge on any atom is 0.253 e. The first-order valence-corrected chi connectivity index (χ1v) is 11.3. The van der Waals surface area contributed by atoms with E-state index < -0.39 is 0 Å². The number of carbonyl (C=O) groups excluding carboxylic acids is 3. The summed E-state index contributed by atoms with van der Waals surface area (Å²) in [4.78, 5) is 38.7. The van der Waals surface area contributed by atoms with Gasteiger partial charge < -0.3 is 20.9 Å². The Morgan fingerprint density at radius 1 is 0.844 bits per heavy atom. The molecule has 0 radical (unpaired) electrons. The molecule has 0 bridgehead atoms. The lowest BCUT2D eigenvalue weighted by Gasteiger charge is -2.20. The normalized spacial score (nSPS) is 13.8. The van der Waals surface area contributed by atoms with Crippen LogP contribution in [0.15, 0.2) is 42.5 Å². The number of amides is 3. The zero-order chi connectivity index (χ0) is 22.9. The Morgan fingerprint density at radius 2 is 1.50 bits per heavy atom. The summed E-state index contributed by atoms with van der Waals surface area (Å²) in [6, 6.07) is 12.6. The van der Waals surface area contributed by atoms with Crippen molar-refractivity contribution in [3.8, 4) is 0 Å². The van der Waals surface area contributed by atoms with E-state index in [2.05, 4.69) is 16.0 Å². The summed E-state index contributed by atoms with van der Waals surface area (Å²) in [5, 5.41) is 8.82. The van der Waals surface area contributed by atoms with Crippen LogP contribution >= 0.6 is 0 Å². The van der Waals surface area contributed by atoms with Crippen LogP contribution in [-0.2, 0) is 9.59 Å². The Balaban J connectivity index is 1.53. The van der Waals surface area contributed by atoms with Gasteiger partial charge in [-0.2, -0.15) is 0 Å². The van der Waals surface area contributed by atoms with Gasteiger partial charge in [0.2, 0.25) is 11.8 Å². The van der Waals surface area contributed by atoms with E-state index in [9.17, 15) is 14.4 Å². The average Bonchev–Trinajstić information content (AvgIpc) is 3.09. The largest absolute Gasteiger partial charge is 0.376 e. The molecule has 3 N–H and O–H groups in total. The molecule has 1 saturated heterocycles. The summed E-state index contributed by atoms with van der Waals surface area (Å²) < 4.78 is 0.